The van der Waals surface area contributed by atoms with E-state index in [1.54, 1.807) is 11.0 Å². The van der Waals surface area contributed by atoms with Gasteiger partial charge in [-0.15, -0.1) is 0 Å². The van der Waals surface area contributed by atoms with E-state index in [1.807, 2.05) is 37.3 Å². The molecule has 0 radical (unpaired) electrons. The molecule has 2 aromatic carbocycles. The van der Waals surface area contributed by atoms with Gasteiger partial charge in [-0.25, -0.2) is 4.39 Å². The number of benzene rings is 2. The van der Waals surface area contributed by atoms with Gasteiger partial charge in [0.15, 0.2) is 0 Å². The van der Waals surface area contributed by atoms with Crippen molar-refractivity contribution in [3.05, 3.63) is 76.6 Å². The largest absolute Gasteiger partial charge is 0.359 e. The minimum atomic E-state index is -1.26. The van der Waals surface area contributed by atoms with E-state index in [-0.39, 0.29) is 29.4 Å². The maximum Gasteiger partial charge on any atom is 0.246 e. The van der Waals surface area contributed by atoms with Crippen LogP contribution in [0.1, 0.15) is 44.2 Å². The Balaban J connectivity index is 1.32. The van der Waals surface area contributed by atoms with Gasteiger partial charge in [0.1, 0.15) is 17.5 Å². The number of carbonyl (C=O) groups is 3. The summed E-state index contributed by atoms with van der Waals surface area (Å²) in [6.07, 6.45) is 5.99. The zero-order valence-corrected chi connectivity index (χ0v) is 24.2. The van der Waals surface area contributed by atoms with Crippen LogP contribution in [0.25, 0.3) is 0 Å². The summed E-state index contributed by atoms with van der Waals surface area (Å²) in [6, 6.07) is 10.8. The van der Waals surface area contributed by atoms with Gasteiger partial charge >= 0.3 is 0 Å². The summed E-state index contributed by atoms with van der Waals surface area (Å²) in [7, 11) is 0. The van der Waals surface area contributed by atoms with Gasteiger partial charge in [-0.2, -0.15) is 0 Å². The van der Waals surface area contributed by atoms with Gasteiger partial charge in [-0.05, 0) is 48.9 Å². The van der Waals surface area contributed by atoms with Gasteiger partial charge in [0, 0.05) is 18.3 Å². The summed E-state index contributed by atoms with van der Waals surface area (Å²) < 4.78 is 20.1. The van der Waals surface area contributed by atoms with Crippen molar-refractivity contribution in [3.63, 3.8) is 0 Å². The van der Waals surface area contributed by atoms with Crippen molar-refractivity contribution in [2.24, 2.45) is 23.7 Å². The molecule has 3 amide bonds. The average molecular weight is 580 g/mol. The molecule has 216 valence electrons. The molecular formula is C32H35ClFN3O4. The number of hydrogen-bond acceptors (Lipinski definition) is 4. The molecule has 3 heterocycles. The minimum absolute atomic E-state index is 0.00271. The molecule has 1 spiro atoms. The van der Waals surface area contributed by atoms with Crippen molar-refractivity contribution >= 4 is 35.0 Å². The van der Waals surface area contributed by atoms with E-state index < -0.39 is 41.3 Å². The van der Waals surface area contributed by atoms with Crippen LogP contribution in [-0.4, -0.2) is 46.4 Å². The molecule has 2 saturated heterocycles. The molecule has 0 aromatic heterocycles. The molecule has 2 bridgehead atoms. The van der Waals surface area contributed by atoms with Gasteiger partial charge in [-0.3, -0.25) is 14.4 Å². The van der Waals surface area contributed by atoms with E-state index in [1.165, 1.54) is 18.2 Å². The van der Waals surface area contributed by atoms with Crippen LogP contribution < -0.4 is 10.6 Å². The topological polar surface area (TPSA) is 87.7 Å². The summed E-state index contributed by atoms with van der Waals surface area (Å²) in [5, 5.41) is 5.94. The van der Waals surface area contributed by atoms with Crippen molar-refractivity contribution < 1.29 is 23.5 Å². The summed E-state index contributed by atoms with van der Waals surface area (Å²) in [6.45, 7) is 6.59. The first-order valence-corrected chi connectivity index (χ1v) is 14.8. The average Bonchev–Trinajstić information content (AvgIpc) is 3.58. The van der Waals surface area contributed by atoms with E-state index in [4.69, 9.17) is 16.3 Å². The monoisotopic (exact) mass is 579 g/mol. The van der Waals surface area contributed by atoms with Crippen molar-refractivity contribution in [1.82, 2.24) is 10.2 Å². The summed E-state index contributed by atoms with van der Waals surface area (Å²) in [4.78, 5) is 43.6. The lowest BCUT2D eigenvalue weighted by molar-refractivity contribution is -0.142. The number of rotatable bonds is 6. The summed E-state index contributed by atoms with van der Waals surface area (Å²) in [5.41, 5.74) is 1.04. The van der Waals surface area contributed by atoms with Crippen molar-refractivity contribution in [3.8, 4) is 0 Å². The van der Waals surface area contributed by atoms with Crippen LogP contribution in [0.4, 0.5) is 10.1 Å². The first-order valence-electron chi connectivity index (χ1n) is 14.4. The Morgan fingerprint density at radius 2 is 1.88 bits per heavy atom. The number of hydrogen-bond donors (Lipinski definition) is 2. The van der Waals surface area contributed by atoms with Crippen molar-refractivity contribution in [2.45, 2.75) is 70.4 Å². The highest BCUT2D eigenvalue weighted by Gasteiger charge is 2.72. The lowest BCUT2D eigenvalue weighted by Gasteiger charge is -2.38. The van der Waals surface area contributed by atoms with Crippen LogP contribution in [0, 0.1) is 36.4 Å². The summed E-state index contributed by atoms with van der Waals surface area (Å²) >= 11 is 5.92. The molecule has 0 unspecified atom stereocenters. The highest BCUT2D eigenvalue weighted by atomic mass is 35.5. The molecule has 2 N–H and O–H groups in total. The number of nitrogens with one attached hydrogen (secondary N) is 2. The Morgan fingerprint density at radius 3 is 2.61 bits per heavy atom. The van der Waals surface area contributed by atoms with E-state index >= 15 is 0 Å². The van der Waals surface area contributed by atoms with Gasteiger partial charge < -0.3 is 20.3 Å². The first kappa shape index (κ1) is 27.9. The zero-order valence-electron chi connectivity index (χ0n) is 23.4. The van der Waals surface area contributed by atoms with Gasteiger partial charge in [-0.1, -0.05) is 80.3 Å². The molecule has 4 aliphatic rings. The molecule has 1 saturated carbocycles. The smallest absolute Gasteiger partial charge is 0.246 e. The number of carbonyl (C=O) groups excluding carboxylic acids is 3. The number of amides is 3. The van der Waals surface area contributed by atoms with Crippen LogP contribution in [0.2, 0.25) is 5.02 Å². The number of likely N-dealkylation sites (tertiary alicyclic amines) is 1. The Morgan fingerprint density at radius 1 is 1.12 bits per heavy atom. The van der Waals surface area contributed by atoms with Crippen LogP contribution in [0.15, 0.2) is 54.6 Å². The second kappa shape index (κ2) is 10.6. The van der Waals surface area contributed by atoms with E-state index in [0.29, 0.717) is 17.5 Å². The molecule has 2 aromatic rings. The quantitative estimate of drug-likeness (QED) is 0.471. The third kappa shape index (κ3) is 4.75. The number of nitrogens with zero attached hydrogens (tertiary/aromatic N) is 1. The number of fused-ring (bicyclic) bond motifs is 1. The predicted octanol–water partition coefficient (Wildman–Crippen LogP) is 5.02. The second-order valence-corrected chi connectivity index (χ2v) is 12.6. The SMILES string of the molecule is Cc1ccc(CN2C(=O)[C@H]3[C@H](C(=O)Nc4ccc(F)c(Cl)c4)[C@H]4C=C[C@@]3(O4)[C@@H]2C(=O)N[C@@H]2CCC[C@H](C)[C@@H]2C)cc1. The number of anilines is 1. The molecule has 8 atom stereocenters. The maximum absolute atomic E-state index is 14.2. The molecule has 3 fully saturated rings. The molecule has 7 nitrogen and oxygen atoms in total. The molecule has 3 aliphatic heterocycles. The van der Waals surface area contributed by atoms with E-state index in [9.17, 15) is 18.8 Å². The normalized spacial score (nSPS) is 33.6. The lowest BCUT2D eigenvalue weighted by Crippen LogP contribution is -2.57. The fourth-order valence-electron chi connectivity index (χ4n) is 7.17. The Labute approximate surface area is 244 Å². The van der Waals surface area contributed by atoms with Gasteiger partial charge in [0.25, 0.3) is 0 Å². The maximum atomic E-state index is 14.2. The molecule has 1 aliphatic carbocycles. The van der Waals surface area contributed by atoms with Crippen LogP contribution in [0.3, 0.4) is 0 Å². The molecular weight excluding hydrogens is 545 g/mol. The highest BCUT2D eigenvalue weighted by Crippen LogP contribution is 2.55. The first-order chi connectivity index (χ1) is 19.6. The van der Waals surface area contributed by atoms with Crippen LogP contribution in [-0.2, 0) is 25.7 Å². The van der Waals surface area contributed by atoms with Crippen LogP contribution >= 0.6 is 11.6 Å². The Bertz CT molecular complexity index is 1410. The van der Waals surface area contributed by atoms with E-state index in [2.05, 4.69) is 24.5 Å². The van der Waals surface area contributed by atoms with Crippen molar-refractivity contribution in [1.29, 1.82) is 0 Å². The van der Waals surface area contributed by atoms with Crippen LogP contribution in [0.5, 0.6) is 0 Å². The van der Waals surface area contributed by atoms with Crippen molar-refractivity contribution in [2.75, 3.05) is 5.32 Å². The fourth-order valence-corrected chi connectivity index (χ4v) is 7.36. The highest BCUT2D eigenvalue weighted by molar-refractivity contribution is 6.31. The molecule has 41 heavy (non-hydrogen) atoms. The predicted molar refractivity (Wildman–Crippen MR) is 153 cm³/mol. The number of aryl methyl sites for hydroxylation is 1. The minimum Gasteiger partial charge on any atom is -0.359 e. The third-order valence-corrected chi connectivity index (χ3v) is 9.91. The fraction of sp³-hybridized carbons (Fsp3) is 0.469. The molecule has 6 rings (SSSR count). The Hall–Kier alpha value is -3.23. The number of halogens is 2. The van der Waals surface area contributed by atoms with Gasteiger partial charge in [0.2, 0.25) is 17.7 Å². The Kier molecular flexibility index (Phi) is 7.19. The third-order valence-electron chi connectivity index (χ3n) is 9.62. The summed E-state index contributed by atoms with van der Waals surface area (Å²) in [5.74, 6) is -2.52. The van der Waals surface area contributed by atoms with E-state index in [0.717, 1.165) is 30.4 Å². The standard InChI is InChI=1S/C32H35ClFN3O4/c1-17-7-9-20(10-8-17)16-37-28(30(39)36-24-6-4-5-18(2)19(24)3)32-14-13-25(41-32)26(27(32)31(37)40)29(38)35-21-11-12-23(34)22(33)15-21/h7-15,18-19,24-28H,4-6,16H2,1-3H3,(H,35,38)(H,36,39)/t18-,19-,24+,25+,26+,27+,28-,32-/m0/s1. The molecule has 9 heteroatoms. The van der Waals surface area contributed by atoms with Gasteiger partial charge in [0.05, 0.1) is 23.0 Å². The lowest BCUT2D eigenvalue weighted by atomic mass is 9.73. The number of ether oxygens (including phenoxy) is 1. The second-order valence-electron chi connectivity index (χ2n) is 12.2. The zero-order chi connectivity index (χ0) is 29.1.